The zero-order chi connectivity index (χ0) is 30.8. The van der Waals surface area contributed by atoms with Gasteiger partial charge in [-0.05, 0) is 37.1 Å². The third-order valence-electron chi connectivity index (χ3n) is 5.53. The quantitative estimate of drug-likeness (QED) is 0.0682. The van der Waals surface area contributed by atoms with Crippen molar-refractivity contribution in [3.63, 3.8) is 0 Å². The van der Waals surface area contributed by atoms with Crippen LogP contribution in [-0.4, -0.2) is 66.8 Å². The van der Waals surface area contributed by atoms with Crippen molar-refractivity contribution in [1.82, 2.24) is 15.5 Å². The summed E-state index contributed by atoms with van der Waals surface area (Å²) >= 11 is 0. The van der Waals surface area contributed by atoms with E-state index in [1.807, 2.05) is 19.1 Å². The van der Waals surface area contributed by atoms with Crippen LogP contribution in [0.1, 0.15) is 26.7 Å². The van der Waals surface area contributed by atoms with Gasteiger partial charge in [-0.25, -0.2) is 28.2 Å². The summed E-state index contributed by atoms with van der Waals surface area (Å²) in [6.07, 6.45) is 7.04. The number of hydrogen-bond acceptors (Lipinski definition) is 9. The Morgan fingerprint density at radius 2 is 1.69 bits per heavy atom. The number of ether oxygens (including phenoxy) is 3. The largest absolute Gasteiger partial charge is 0.498 e. The number of sulfonamides is 1. The number of carbonyl (C=O) groups excluding carboxylic acids is 2. The Kier molecular flexibility index (Phi) is 14.6. The molecule has 0 aliphatic rings. The number of nitrogens with one attached hydrogen (secondary N) is 4. The van der Waals surface area contributed by atoms with Gasteiger partial charge in [0, 0.05) is 36.6 Å². The standard InChI is InChI=1S/C29H39N5O7S/c1-5-6-18-39-23(3)11-7-10-22(2)21-32-34-29(36)41-20-19-40-28(35)31-16-17-33-42(37,38)27-15-9-12-24-25(27)13-8-14-26(24)30-4/h7-15,21,30,33H,2,5-6,16-20H2,1,3-4H3,(H,31,35)(H,34,36)/b10-7-,23-11+,32-21+. The number of anilines is 1. The van der Waals surface area contributed by atoms with Crippen molar-refractivity contribution in [3.05, 3.63) is 72.5 Å². The van der Waals surface area contributed by atoms with Crippen LogP contribution in [0.25, 0.3) is 10.8 Å². The van der Waals surface area contributed by atoms with E-state index in [1.165, 1.54) is 12.3 Å². The highest BCUT2D eigenvalue weighted by molar-refractivity contribution is 7.89. The molecule has 0 aromatic heterocycles. The molecule has 0 unspecified atom stereocenters. The number of benzene rings is 2. The normalized spacial score (nSPS) is 11.9. The smallest absolute Gasteiger partial charge is 0.427 e. The van der Waals surface area contributed by atoms with E-state index in [0.717, 1.165) is 29.7 Å². The van der Waals surface area contributed by atoms with Gasteiger partial charge in [0.25, 0.3) is 0 Å². The van der Waals surface area contributed by atoms with Gasteiger partial charge in [0.15, 0.2) is 0 Å². The third kappa shape index (κ3) is 12.0. The summed E-state index contributed by atoms with van der Waals surface area (Å²) in [6, 6.07) is 10.4. The van der Waals surface area contributed by atoms with Crippen molar-refractivity contribution >= 4 is 44.9 Å². The van der Waals surface area contributed by atoms with Crippen LogP contribution in [0.3, 0.4) is 0 Å². The Balaban J connectivity index is 1.62. The number of unbranched alkanes of at least 4 members (excludes halogenated alkanes) is 1. The first kappa shape index (κ1) is 33.8. The predicted molar refractivity (Wildman–Crippen MR) is 164 cm³/mol. The lowest BCUT2D eigenvalue weighted by Crippen LogP contribution is -2.35. The van der Waals surface area contributed by atoms with E-state index < -0.39 is 22.2 Å². The molecule has 0 spiro atoms. The highest BCUT2D eigenvalue weighted by Crippen LogP contribution is 2.28. The van der Waals surface area contributed by atoms with Gasteiger partial charge >= 0.3 is 12.2 Å². The van der Waals surface area contributed by atoms with E-state index in [0.29, 0.717) is 17.6 Å². The second-order valence-electron chi connectivity index (χ2n) is 8.79. The van der Waals surface area contributed by atoms with E-state index in [1.54, 1.807) is 43.5 Å². The zero-order valence-corrected chi connectivity index (χ0v) is 25.0. The maximum Gasteiger partial charge on any atom is 0.427 e. The molecule has 0 aliphatic heterocycles. The van der Waals surface area contributed by atoms with Crippen molar-refractivity contribution in [2.45, 2.75) is 31.6 Å². The molecule has 0 fully saturated rings. The summed E-state index contributed by atoms with van der Waals surface area (Å²) in [5, 5.41) is 10.6. The summed E-state index contributed by atoms with van der Waals surface area (Å²) in [4.78, 5) is 23.7. The van der Waals surface area contributed by atoms with Crippen molar-refractivity contribution in [1.29, 1.82) is 0 Å². The molecule has 2 rings (SSSR count). The average Bonchev–Trinajstić information content (AvgIpc) is 2.97. The molecule has 0 saturated heterocycles. The highest BCUT2D eigenvalue weighted by Gasteiger charge is 2.17. The van der Waals surface area contributed by atoms with Gasteiger partial charge in [0.2, 0.25) is 10.0 Å². The third-order valence-corrected chi connectivity index (χ3v) is 7.05. The molecule has 13 heteroatoms. The van der Waals surface area contributed by atoms with Crippen LogP contribution >= 0.6 is 0 Å². The summed E-state index contributed by atoms with van der Waals surface area (Å²) in [5.41, 5.74) is 3.52. The number of nitrogens with zero attached hydrogens (tertiary/aromatic N) is 1. The Hall–Kier alpha value is -4.36. The second-order valence-corrected chi connectivity index (χ2v) is 10.5. The maximum atomic E-state index is 12.8. The van der Waals surface area contributed by atoms with Gasteiger partial charge in [-0.15, -0.1) is 0 Å². The lowest BCUT2D eigenvalue weighted by Gasteiger charge is -2.12. The molecule has 2 aromatic carbocycles. The number of carbonyl (C=O) groups is 2. The molecule has 0 atom stereocenters. The van der Waals surface area contributed by atoms with Crippen molar-refractivity contribution in [2.24, 2.45) is 5.10 Å². The van der Waals surface area contributed by atoms with E-state index in [4.69, 9.17) is 14.2 Å². The molecule has 0 radical (unpaired) electrons. The summed E-state index contributed by atoms with van der Waals surface area (Å²) < 4.78 is 43.4. The van der Waals surface area contributed by atoms with E-state index in [9.17, 15) is 18.0 Å². The number of hydrazone groups is 1. The number of fused-ring (bicyclic) bond motifs is 1. The molecule has 12 nitrogen and oxygen atoms in total. The van der Waals surface area contributed by atoms with Crippen LogP contribution in [0.4, 0.5) is 15.3 Å². The fourth-order valence-corrected chi connectivity index (χ4v) is 4.71. The maximum absolute atomic E-state index is 12.8. The fourth-order valence-electron chi connectivity index (χ4n) is 3.46. The predicted octanol–water partition coefficient (Wildman–Crippen LogP) is 4.43. The molecule has 228 valence electrons. The van der Waals surface area contributed by atoms with Crippen molar-refractivity contribution in [3.8, 4) is 0 Å². The molecule has 2 amide bonds. The number of allylic oxidation sites excluding steroid dienone is 5. The Morgan fingerprint density at radius 3 is 2.43 bits per heavy atom. The lowest BCUT2D eigenvalue weighted by molar-refractivity contribution is 0.0960. The Morgan fingerprint density at radius 1 is 0.976 bits per heavy atom. The minimum Gasteiger partial charge on any atom is -0.498 e. The van der Waals surface area contributed by atoms with E-state index in [2.05, 4.69) is 39.4 Å². The van der Waals surface area contributed by atoms with Crippen LogP contribution in [0, 0.1) is 0 Å². The minimum atomic E-state index is -3.83. The number of rotatable bonds is 17. The van der Waals surface area contributed by atoms with E-state index >= 15 is 0 Å². The summed E-state index contributed by atoms with van der Waals surface area (Å²) in [6.45, 7) is 7.93. The van der Waals surface area contributed by atoms with Crippen LogP contribution < -0.4 is 20.8 Å². The molecule has 0 heterocycles. The van der Waals surface area contributed by atoms with Gasteiger partial charge in [-0.3, -0.25) is 0 Å². The Bertz CT molecular complexity index is 1400. The molecule has 42 heavy (non-hydrogen) atoms. The SMILES string of the molecule is C=C(/C=C\C=C(/C)OCCCC)/C=N/NC(=O)OCCOC(=O)NCCNS(=O)(=O)c1cccc2c(NC)cccc12. The molecular weight excluding hydrogens is 562 g/mol. The molecule has 4 N–H and O–H groups in total. The zero-order valence-electron chi connectivity index (χ0n) is 24.1. The van der Waals surface area contributed by atoms with Crippen LogP contribution in [0.15, 0.2) is 82.5 Å². The van der Waals surface area contributed by atoms with Crippen LogP contribution in [-0.2, 0) is 24.2 Å². The van der Waals surface area contributed by atoms with Gasteiger partial charge in [-0.1, -0.05) is 56.3 Å². The topological polar surface area (TPSA) is 156 Å². The number of amides is 2. The fraction of sp³-hybridized carbons (Fsp3) is 0.345. The highest BCUT2D eigenvalue weighted by atomic mass is 32.2. The first-order valence-electron chi connectivity index (χ1n) is 13.4. The molecule has 0 saturated carbocycles. The van der Waals surface area contributed by atoms with E-state index in [-0.39, 0.29) is 31.2 Å². The van der Waals surface area contributed by atoms with Gasteiger partial charge in [0.1, 0.15) is 13.2 Å². The summed E-state index contributed by atoms with van der Waals surface area (Å²) in [7, 11) is -2.06. The minimum absolute atomic E-state index is 0.0137. The van der Waals surface area contributed by atoms with Crippen molar-refractivity contribution in [2.75, 3.05) is 45.3 Å². The molecule has 0 bridgehead atoms. The number of alkyl carbamates (subject to hydrolysis) is 1. The van der Waals surface area contributed by atoms with Gasteiger partial charge < -0.3 is 24.8 Å². The lowest BCUT2D eigenvalue weighted by atomic mass is 10.1. The monoisotopic (exact) mass is 601 g/mol. The molecule has 0 aliphatic carbocycles. The first-order chi connectivity index (χ1) is 20.2. The van der Waals surface area contributed by atoms with Crippen LogP contribution in [0.5, 0.6) is 0 Å². The van der Waals surface area contributed by atoms with Crippen molar-refractivity contribution < 1.29 is 32.2 Å². The average molecular weight is 602 g/mol. The molecule has 2 aromatic rings. The molecular formula is C29H39N5O7S. The second kappa shape index (κ2) is 18.1. The number of hydrogen-bond donors (Lipinski definition) is 4. The van der Waals surface area contributed by atoms with Gasteiger partial charge in [0.05, 0.1) is 23.5 Å². The van der Waals surface area contributed by atoms with Crippen LogP contribution in [0.2, 0.25) is 0 Å². The Labute approximate surface area is 246 Å². The summed E-state index contributed by atoms with van der Waals surface area (Å²) in [5.74, 6) is 0.784. The van der Waals surface area contributed by atoms with Gasteiger partial charge in [-0.2, -0.15) is 5.10 Å². The first-order valence-corrected chi connectivity index (χ1v) is 14.9.